The fraction of sp³-hybridized carbons (Fsp3) is 0.333. The monoisotopic (exact) mass is 289 g/mol. The molecule has 1 aliphatic heterocycles. The van der Waals surface area contributed by atoms with E-state index in [9.17, 15) is 4.79 Å². The van der Waals surface area contributed by atoms with E-state index in [0.29, 0.717) is 23.8 Å². The van der Waals surface area contributed by atoms with Crippen LogP contribution in [0.1, 0.15) is 29.4 Å². The SMILES string of the molecule is CCn1cc(Cl)c(C(=O)N2CCCc3ccccc32)n1. The molecule has 0 fully saturated rings. The number of fused-ring (bicyclic) bond motifs is 1. The first-order chi connectivity index (χ1) is 9.70. The number of carbonyl (C=O) groups excluding carboxylic acids is 1. The molecule has 0 radical (unpaired) electrons. The lowest BCUT2D eigenvalue weighted by Crippen LogP contribution is -2.35. The summed E-state index contributed by atoms with van der Waals surface area (Å²) in [6.07, 6.45) is 3.68. The smallest absolute Gasteiger partial charge is 0.280 e. The van der Waals surface area contributed by atoms with Crippen LogP contribution in [0.15, 0.2) is 30.5 Å². The zero-order valence-electron chi connectivity index (χ0n) is 11.3. The van der Waals surface area contributed by atoms with Crippen LogP contribution in [0.5, 0.6) is 0 Å². The van der Waals surface area contributed by atoms with Crippen molar-refractivity contribution < 1.29 is 4.79 Å². The Morgan fingerprint density at radius 3 is 2.95 bits per heavy atom. The molecular formula is C15H16ClN3O. The summed E-state index contributed by atoms with van der Waals surface area (Å²) in [4.78, 5) is 14.5. The van der Waals surface area contributed by atoms with Crippen molar-refractivity contribution in [1.82, 2.24) is 9.78 Å². The Morgan fingerprint density at radius 1 is 1.40 bits per heavy atom. The molecule has 1 aromatic heterocycles. The van der Waals surface area contributed by atoms with Crippen LogP contribution in [0, 0.1) is 0 Å². The maximum atomic E-state index is 12.7. The first-order valence-electron chi connectivity index (χ1n) is 6.83. The van der Waals surface area contributed by atoms with Gasteiger partial charge in [-0.2, -0.15) is 5.10 Å². The van der Waals surface area contributed by atoms with Gasteiger partial charge in [-0.05, 0) is 31.4 Å². The predicted octanol–water partition coefficient (Wildman–Crippen LogP) is 3.15. The molecule has 2 aromatic rings. The van der Waals surface area contributed by atoms with Crippen LogP contribution in [0.25, 0.3) is 0 Å². The maximum Gasteiger partial charge on any atom is 0.280 e. The molecule has 0 saturated carbocycles. The number of hydrogen-bond acceptors (Lipinski definition) is 2. The number of rotatable bonds is 2. The molecule has 0 spiro atoms. The Balaban J connectivity index is 1.97. The first-order valence-corrected chi connectivity index (χ1v) is 7.21. The van der Waals surface area contributed by atoms with Gasteiger partial charge in [-0.1, -0.05) is 29.8 Å². The van der Waals surface area contributed by atoms with Gasteiger partial charge in [-0.25, -0.2) is 0 Å². The van der Waals surface area contributed by atoms with Crippen LogP contribution in [-0.2, 0) is 13.0 Å². The number of hydrogen-bond donors (Lipinski definition) is 0. The molecule has 1 aromatic carbocycles. The lowest BCUT2D eigenvalue weighted by Gasteiger charge is -2.28. The molecule has 1 amide bonds. The van der Waals surface area contributed by atoms with Crippen molar-refractivity contribution in [1.29, 1.82) is 0 Å². The number of aryl methyl sites for hydroxylation is 2. The highest BCUT2D eigenvalue weighted by Gasteiger charge is 2.26. The Bertz CT molecular complexity index is 650. The number of halogens is 1. The van der Waals surface area contributed by atoms with E-state index >= 15 is 0 Å². The Kier molecular flexibility index (Phi) is 3.49. The summed E-state index contributed by atoms with van der Waals surface area (Å²) >= 11 is 6.13. The molecule has 0 unspecified atom stereocenters. The summed E-state index contributed by atoms with van der Waals surface area (Å²) < 4.78 is 1.69. The van der Waals surface area contributed by atoms with Crippen LogP contribution in [-0.4, -0.2) is 22.2 Å². The molecule has 0 N–H and O–H groups in total. The van der Waals surface area contributed by atoms with E-state index in [1.54, 1.807) is 15.8 Å². The van der Waals surface area contributed by atoms with Crippen LogP contribution in [0.2, 0.25) is 5.02 Å². The van der Waals surface area contributed by atoms with Gasteiger partial charge < -0.3 is 4.90 Å². The summed E-state index contributed by atoms with van der Waals surface area (Å²) in [7, 11) is 0. The number of aromatic nitrogens is 2. The second-order valence-electron chi connectivity index (χ2n) is 4.87. The van der Waals surface area contributed by atoms with Gasteiger partial charge in [0.05, 0.1) is 5.02 Å². The van der Waals surface area contributed by atoms with Crippen molar-refractivity contribution >= 4 is 23.2 Å². The van der Waals surface area contributed by atoms with Gasteiger partial charge in [0.1, 0.15) is 0 Å². The molecule has 4 nitrogen and oxygen atoms in total. The minimum atomic E-state index is -0.116. The van der Waals surface area contributed by atoms with E-state index in [-0.39, 0.29) is 5.91 Å². The van der Waals surface area contributed by atoms with Gasteiger partial charge in [0, 0.05) is 25.0 Å². The normalized spacial score (nSPS) is 14.2. The standard InChI is InChI=1S/C15H16ClN3O/c1-2-18-10-12(16)14(17-18)15(20)19-9-5-7-11-6-3-4-8-13(11)19/h3-4,6,8,10H,2,5,7,9H2,1H3. The number of amides is 1. The maximum absolute atomic E-state index is 12.7. The molecule has 0 bridgehead atoms. The molecule has 0 saturated heterocycles. The predicted molar refractivity (Wildman–Crippen MR) is 79.4 cm³/mol. The number of anilines is 1. The third kappa shape index (κ3) is 2.20. The summed E-state index contributed by atoms with van der Waals surface area (Å²) in [6, 6.07) is 8.01. The van der Waals surface area contributed by atoms with E-state index in [1.165, 1.54) is 5.56 Å². The molecule has 0 aliphatic carbocycles. The minimum absolute atomic E-state index is 0.116. The number of carbonyl (C=O) groups is 1. The van der Waals surface area contributed by atoms with Gasteiger partial charge in [-0.15, -0.1) is 0 Å². The van der Waals surface area contributed by atoms with Crippen LogP contribution < -0.4 is 4.90 Å². The van der Waals surface area contributed by atoms with Crippen molar-refractivity contribution in [2.75, 3.05) is 11.4 Å². The third-order valence-corrected chi connectivity index (χ3v) is 3.88. The largest absolute Gasteiger partial charge is 0.307 e. The van der Waals surface area contributed by atoms with Gasteiger partial charge in [0.2, 0.25) is 0 Å². The van der Waals surface area contributed by atoms with E-state index in [0.717, 1.165) is 18.5 Å². The van der Waals surface area contributed by atoms with E-state index in [1.807, 2.05) is 25.1 Å². The lowest BCUT2D eigenvalue weighted by molar-refractivity contribution is 0.0979. The topological polar surface area (TPSA) is 38.1 Å². The average molecular weight is 290 g/mol. The molecule has 104 valence electrons. The molecular weight excluding hydrogens is 274 g/mol. The fourth-order valence-corrected chi connectivity index (χ4v) is 2.81. The van der Waals surface area contributed by atoms with Crippen molar-refractivity contribution in [3.63, 3.8) is 0 Å². The van der Waals surface area contributed by atoms with Crippen molar-refractivity contribution in [3.05, 3.63) is 46.7 Å². The molecule has 20 heavy (non-hydrogen) atoms. The van der Waals surface area contributed by atoms with Crippen LogP contribution in [0.3, 0.4) is 0 Å². The lowest BCUT2D eigenvalue weighted by atomic mass is 10.0. The Hall–Kier alpha value is -1.81. The molecule has 0 atom stereocenters. The molecule has 2 heterocycles. The highest BCUT2D eigenvalue weighted by atomic mass is 35.5. The van der Waals surface area contributed by atoms with Gasteiger partial charge >= 0.3 is 0 Å². The van der Waals surface area contributed by atoms with Crippen LogP contribution in [0.4, 0.5) is 5.69 Å². The van der Waals surface area contributed by atoms with Crippen molar-refractivity contribution in [2.45, 2.75) is 26.3 Å². The second-order valence-corrected chi connectivity index (χ2v) is 5.28. The number of benzene rings is 1. The van der Waals surface area contributed by atoms with Crippen LogP contribution >= 0.6 is 11.6 Å². The first kappa shape index (κ1) is 13.2. The Labute approximate surface area is 123 Å². The fourth-order valence-electron chi connectivity index (χ4n) is 2.58. The molecule has 3 rings (SSSR count). The van der Waals surface area contributed by atoms with E-state index in [2.05, 4.69) is 11.2 Å². The minimum Gasteiger partial charge on any atom is -0.307 e. The zero-order valence-corrected chi connectivity index (χ0v) is 12.1. The Morgan fingerprint density at radius 2 is 2.20 bits per heavy atom. The number of nitrogens with zero attached hydrogens (tertiary/aromatic N) is 3. The average Bonchev–Trinajstić information content (AvgIpc) is 2.87. The van der Waals surface area contributed by atoms with Crippen molar-refractivity contribution in [2.24, 2.45) is 0 Å². The van der Waals surface area contributed by atoms with Crippen molar-refractivity contribution in [3.8, 4) is 0 Å². The third-order valence-electron chi connectivity index (χ3n) is 3.60. The summed E-state index contributed by atoms with van der Waals surface area (Å²) in [5, 5.41) is 4.69. The molecule has 5 heteroatoms. The van der Waals surface area contributed by atoms with E-state index < -0.39 is 0 Å². The van der Waals surface area contributed by atoms with Gasteiger partial charge in [-0.3, -0.25) is 9.48 Å². The highest BCUT2D eigenvalue weighted by Crippen LogP contribution is 2.29. The van der Waals surface area contributed by atoms with Gasteiger partial charge in [0.25, 0.3) is 5.91 Å². The molecule has 1 aliphatic rings. The second kappa shape index (κ2) is 5.29. The number of para-hydroxylation sites is 1. The highest BCUT2D eigenvalue weighted by molar-refractivity contribution is 6.34. The quantitative estimate of drug-likeness (QED) is 0.852. The summed E-state index contributed by atoms with van der Waals surface area (Å²) in [5.41, 5.74) is 2.52. The zero-order chi connectivity index (χ0) is 14.1. The summed E-state index contributed by atoms with van der Waals surface area (Å²) in [6.45, 7) is 3.38. The van der Waals surface area contributed by atoms with E-state index in [4.69, 9.17) is 11.6 Å². The summed E-state index contributed by atoms with van der Waals surface area (Å²) in [5.74, 6) is -0.116. The van der Waals surface area contributed by atoms with Gasteiger partial charge in [0.15, 0.2) is 5.69 Å².